The molecule has 0 spiro atoms. The molecule has 0 radical (unpaired) electrons. The van der Waals surface area contributed by atoms with Crippen molar-refractivity contribution < 1.29 is 9.53 Å². The Morgan fingerprint density at radius 1 is 1.43 bits per heavy atom. The first kappa shape index (κ1) is 15.5. The molecule has 114 valence electrons. The van der Waals surface area contributed by atoms with E-state index in [2.05, 4.69) is 10.2 Å². The topological polar surface area (TPSA) is 67.6 Å². The van der Waals surface area contributed by atoms with E-state index in [4.69, 9.17) is 10.5 Å². The predicted molar refractivity (Wildman–Crippen MR) is 84.3 cm³/mol. The minimum absolute atomic E-state index is 0.0125. The number of nitrogens with zero attached hydrogens (tertiary/aromatic N) is 1. The molecule has 1 aliphatic carbocycles. The van der Waals surface area contributed by atoms with Crippen LogP contribution in [0.5, 0.6) is 5.75 Å². The molecule has 1 aromatic carbocycles. The molecule has 3 N–H and O–H groups in total. The maximum Gasteiger partial charge on any atom is 0.231 e. The van der Waals surface area contributed by atoms with Crippen molar-refractivity contribution in [2.75, 3.05) is 32.6 Å². The zero-order valence-corrected chi connectivity index (χ0v) is 12.6. The number of likely N-dealkylation sites (N-methyl/N-ethyl adjacent to an activating group) is 1. The first-order chi connectivity index (χ1) is 10.0. The number of anilines is 1. The van der Waals surface area contributed by atoms with Crippen LogP contribution in [0.25, 0.3) is 0 Å². The van der Waals surface area contributed by atoms with Crippen LogP contribution >= 0.6 is 0 Å². The van der Waals surface area contributed by atoms with Crippen molar-refractivity contribution in [3.05, 3.63) is 36.4 Å². The summed E-state index contributed by atoms with van der Waals surface area (Å²) in [6, 6.07) is 7.44. The number of hydrogen-bond acceptors (Lipinski definition) is 4. The quantitative estimate of drug-likeness (QED) is 0.778. The van der Waals surface area contributed by atoms with Crippen molar-refractivity contribution in [2.24, 2.45) is 11.7 Å². The van der Waals surface area contributed by atoms with Gasteiger partial charge >= 0.3 is 0 Å². The minimum atomic E-state index is -0.140. The Balaban J connectivity index is 1.88. The normalized spacial score (nSPS) is 20.8. The molecule has 2 rings (SSSR count). The second kappa shape index (κ2) is 7.24. The van der Waals surface area contributed by atoms with E-state index in [9.17, 15) is 4.79 Å². The second-order valence-corrected chi connectivity index (χ2v) is 5.56. The molecule has 21 heavy (non-hydrogen) atoms. The standard InChI is InChI=1S/C16H23N3O2/c1-19(2)8-9-21-15-5-3-4-14(11-15)18-16(20)12-6-7-13(17)10-12/h3-7,11-13H,8-10,17H2,1-2H3,(H,18,20). The van der Waals surface area contributed by atoms with Crippen molar-refractivity contribution in [3.8, 4) is 5.75 Å². The lowest BCUT2D eigenvalue weighted by Crippen LogP contribution is -2.24. The lowest BCUT2D eigenvalue weighted by Gasteiger charge is -2.13. The van der Waals surface area contributed by atoms with Crippen LogP contribution in [-0.2, 0) is 4.79 Å². The van der Waals surface area contributed by atoms with Gasteiger partial charge in [-0.3, -0.25) is 4.79 Å². The van der Waals surface area contributed by atoms with Crippen LogP contribution in [0.15, 0.2) is 36.4 Å². The third-order valence-electron chi connectivity index (χ3n) is 3.36. The van der Waals surface area contributed by atoms with E-state index in [1.54, 1.807) is 0 Å². The van der Waals surface area contributed by atoms with Gasteiger partial charge in [0.2, 0.25) is 5.91 Å². The fraction of sp³-hybridized carbons (Fsp3) is 0.438. The number of carbonyl (C=O) groups is 1. The average molecular weight is 289 g/mol. The van der Waals surface area contributed by atoms with E-state index >= 15 is 0 Å². The molecule has 1 amide bonds. The maximum atomic E-state index is 12.1. The first-order valence-corrected chi connectivity index (χ1v) is 7.17. The van der Waals surface area contributed by atoms with Crippen molar-refractivity contribution in [1.29, 1.82) is 0 Å². The summed E-state index contributed by atoms with van der Waals surface area (Å²) >= 11 is 0. The van der Waals surface area contributed by atoms with Crippen LogP contribution in [0.2, 0.25) is 0 Å². The molecule has 0 saturated carbocycles. The summed E-state index contributed by atoms with van der Waals surface area (Å²) in [7, 11) is 4.00. The number of amides is 1. The van der Waals surface area contributed by atoms with Crippen LogP contribution in [0.3, 0.4) is 0 Å². The van der Waals surface area contributed by atoms with Gasteiger partial charge in [0.1, 0.15) is 12.4 Å². The molecular weight excluding hydrogens is 266 g/mol. The first-order valence-electron chi connectivity index (χ1n) is 7.17. The van der Waals surface area contributed by atoms with E-state index in [0.29, 0.717) is 13.0 Å². The zero-order chi connectivity index (χ0) is 15.2. The highest BCUT2D eigenvalue weighted by atomic mass is 16.5. The van der Waals surface area contributed by atoms with E-state index in [-0.39, 0.29) is 17.9 Å². The van der Waals surface area contributed by atoms with Crippen LogP contribution in [-0.4, -0.2) is 44.1 Å². The van der Waals surface area contributed by atoms with Crippen molar-refractivity contribution >= 4 is 11.6 Å². The lowest BCUT2D eigenvalue weighted by atomic mass is 10.1. The molecule has 0 fully saturated rings. The van der Waals surface area contributed by atoms with E-state index < -0.39 is 0 Å². The minimum Gasteiger partial charge on any atom is -0.492 e. The number of carbonyl (C=O) groups excluding carboxylic acids is 1. The molecule has 1 aliphatic rings. The molecule has 2 unspecified atom stereocenters. The van der Waals surface area contributed by atoms with Gasteiger partial charge in [-0.2, -0.15) is 0 Å². The second-order valence-electron chi connectivity index (χ2n) is 5.56. The summed E-state index contributed by atoms with van der Waals surface area (Å²) < 4.78 is 5.65. The third-order valence-corrected chi connectivity index (χ3v) is 3.36. The highest BCUT2D eigenvalue weighted by molar-refractivity contribution is 5.94. The third kappa shape index (κ3) is 4.88. The van der Waals surface area contributed by atoms with Gasteiger partial charge < -0.3 is 20.7 Å². The van der Waals surface area contributed by atoms with Gasteiger partial charge in [0, 0.05) is 24.3 Å². The summed E-state index contributed by atoms with van der Waals surface area (Å²) in [5.41, 5.74) is 6.52. The smallest absolute Gasteiger partial charge is 0.231 e. The summed E-state index contributed by atoms with van der Waals surface area (Å²) in [6.07, 6.45) is 4.42. The summed E-state index contributed by atoms with van der Waals surface area (Å²) in [4.78, 5) is 14.2. The number of nitrogens with two attached hydrogens (primary N) is 1. The average Bonchev–Trinajstić information content (AvgIpc) is 2.85. The Morgan fingerprint density at radius 3 is 2.90 bits per heavy atom. The van der Waals surface area contributed by atoms with Crippen LogP contribution in [0, 0.1) is 5.92 Å². The predicted octanol–water partition coefficient (Wildman–Crippen LogP) is 1.47. The highest BCUT2D eigenvalue weighted by Gasteiger charge is 2.22. The Labute approximate surface area is 125 Å². The van der Waals surface area contributed by atoms with Gasteiger partial charge in [-0.15, -0.1) is 0 Å². The zero-order valence-electron chi connectivity index (χ0n) is 12.6. The number of rotatable bonds is 6. The number of nitrogens with one attached hydrogen (secondary N) is 1. The molecule has 5 nitrogen and oxygen atoms in total. The largest absolute Gasteiger partial charge is 0.492 e. The van der Waals surface area contributed by atoms with Gasteiger partial charge in [0.05, 0.1) is 5.92 Å². The number of ether oxygens (including phenoxy) is 1. The molecular formula is C16H23N3O2. The molecule has 0 saturated heterocycles. The molecule has 2 atom stereocenters. The van der Waals surface area contributed by atoms with Gasteiger partial charge in [0.25, 0.3) is 0 Å². The summed E-state index contributed by atoms with van der Waals surface area (Å²) in [5.74, 6) is 0.594. The van der Waals surface area contributed by atoms with Gasteiger partial charge in [-0.1, -0.05) is 18.2 Å². The van der Waals surface area contributed by atoms with E-state index in [1.807, 2.05) is 50.5 Å². The Kier molecular flexibility index (Phi) is 5.36. The van der Waals surface area contributed by atoms with Crippen LogP contribution in [0.1, 0.15) is 6.42 Å². The molecule has 0 bridgehead atoms. The van der Waals surface area contributed by atoms with Gasteiger partial charge in [0.15, 0.2) is 0 Å². The maximum absolute atomic E-state index is 12.1. The summed E-state index contributed by atoms with van der Waals surface area (Å²) in [6.45, 7) is 1.46. The van der Waals surface area contributed by atoms with E-state index in [1.165, 1.54) is 0 Å². The molecule has 1 aromatic rings. The monoisotopic (exact) mass is 289 g/mol. The molecule has 5 heteroatoms. The van der Waals surface area contributed by atoms with Crippen molar-refractivity contribution in [3.63, 3.8) is 0 Å². The Bertz CT molecular complexity index is 514. The highest BCUT2D eigenvalue weighted by Crippen LogP contribution is 2.21. The summed E-state index contributed by atoms with van der Waals surface area (Å²) in [5, 5.41) is 2.91. The SMILES string of the molecule is CN(C)CCOc1cccc(NC(=O)C2C=CC(N)C2)c1. The van der Waals surface area contributed by atoms with Crippen molar-refractivity contribution in [2.45, 2.75) is 12.5 Å². The molecule has 0 aromatic heterocycles. The fourth-order valence-electron chi connectivity index (χ4n) is 2.17. The molecule has 0 aliphatic heterocycles. The van der Waals surface area contributed by atoms with Crippen LogP contribution < -0.4 is 15.8 Å². The Morgan fingerprint density at radius 2 is 2.24 bits per heavy atom. The van der Waals surface area contributed by atoms with Crippen molar-refractivity contribution in [1.82, 2.24) is 4.90 Å². The fourth-order valence-corrected chi connectivity index (χ4v) is 2.17. The Hall–Kier alpha value is -1.85. The number of benzene rings is 1. The van der Waals surface area contributed by atoms with Crippen LogP contribution in [0.4, 0.5) is 5.69 Å². The van der Waals surface area contributed by atoms with E-state index in [0.717, 1.165) is 18.0 Å². The van der Waals surface area contributed by atoms with Gasteiger partial charge in [-0.25, -0.2) is 0 Å². The number of hydrogen-bond donors (Lipinski definition) is 2. The van der Waals surface area contributed by atoms with Gasteiger partial charge in [-0.05, 0) is 32.6 Å². The molecule has 0 heterocycles. The lowest BCUT2D eigenvalue weighted by molar-refractivity contribution is -0.118.